The van der Waals surface area contributed by atoms with Crippen molar-refractivity contribution in [2.75, 3.05) is 13.2 Å². The zero-order valence-corrected chi connectivity index (χ0v) is 18.0. The first kappa shape index (κ1) is 21.8. The Hall–Kier alpha value is -2.86. The lowest BCUT2D eigenvalue weighted by Crippen LogP contribution is -2.31. The van der Waals surface area contributed by atoms with Crippen molar-refractivity contribution >= 4 is 17.4 Å². The molecular weight excluding hydrogens is 382 g/mol. The van der Waals surface area contributed by atoms with Crippen LogP contribution in [-0.4, -0.2) is 41.0 Å². The molecule has 2 aromatic rings. The van der Waals surface area contributed by atoms with Crippen LogP contribution in [0.15, 0.2) is 46.4 Å². The minimum atomic E-state index is -0.761. The number of Topliss-reactive ketones (excluding diaryl/α,β-unsaturated/α-hetero) is 1. The van der Waals surface area contributed by atoms with E-state index in [4.69, 9.17) is 9.15 Å². The number of amides is 1. The van der Waals surface area contributed by atoms with Gasteiger partial charge in [0, 0.05) is 18.7 Å². The van der Waals surface area contributed by atoms with E-state index >= 15 is 0 Å². The number of benzene rings is 1. The molecule has 160 valence electrons. The fourth-order valence-corrected chi connectivity index (χ4v) is 3.61. The summed E-state index contributed by atoms with van der Waals surface area (Å²) < 4.78 is 11.3. The van der Waals surface area contributed by atoms with Crippen LogP contribution in [0.5, 0.6) is 0 Å². The summed E-state index contributed by atoms with van der Waals surface area (Å²) in [6.45, 7) is 8.54. The van der Waals surface area contributed by atoms with Gasteiger partial charge in [-0.25, -0.2) is 0 Å². The fourth-order valence-electron chi connectivity index (χ4n) is 3.61. The summed E-state index contributed by atoms with van der Waals surface area (Å²) in [6, 6.07) is 10.1. The number of ether oxygens (including phenoxy) is 1. The van der Waals surface area contributed by atoms with Crippen LogP contribution in [0.2, 0.25) is 0 Å². The standard InChI is InChI=1S/C24H29NO5/c1-5-17-8-10-18(11-9-17)22(26)20-21(19-12-7-16(4)30-19)25(24(28)23(20)27)13-6-14-29-15(2)3/h7-12,15,21,26H,5-6,13-14H2,1-4H3/b22-20-. The van der Waals surface area contributed by atoms with E-state index in [1.807, 2.05) is 32.9 Å². The summed E-state index contributed by atoms with van der Waals surface area (Å²) >= 11 is 0. The number of likely N-dealkylation sites (tertiary alicyclic amines) is 1. The van der Waals surface area contributed by atoms with E-state index in [1.54, 1.807) is 31.2 Å². The molecule has 1 amide bonds. The number of carbonyl (C=O) groups excluding carboxylic acids is 2. The molecule has 0 saturated carbocycles. The quantitative estimate of drug-likeness (QED) is 0.302. The van der Waals surface area contributed by atoms with E-state index in [9.17, 15) is 14.7 Å². The molecule has 1 aliphatic heterocycles. The predicted molar refractivity (Wildman–Crippen MR) is 114 cm³/mol. The molecule has 3 rings (SSSR count). The monoisotopic (exact) mass is 411 g/mol. The van der Waals surface area contributed by atoms with E-state index in [0.29, 0.717) is 36.7 Å². The van der Waals surface area contributed by atoms with Crippen LogP contribution >= 0.6 is 0 Å². The second-order valence-electron chi connectivity index (χ2n) is 7.76. The molecule has 1 N–H and O–H groups in total. The number of furan rings is 1. The van der Waals surface area contributed by atoms with Crippen molar-refractivity contribution in [1.29, 1.82) is 0 Å². The number of rotatable bonds is 8. The van der Waals surface area contributed by atoms with Crippen LogP contribution < -0.4 is 0 Å². The van der Waals surface area contributed by atoms with Gasteiger partial charge in [-0.3, -0.25) is 9.59 Å². The minimum Gasteiger partial charge on any atom is -0.507 e. The van der Waals surface area contributed by atoms with E-state index in [-0.39, 0.29) is 17.4 Å². The zero-order valence-electron chi connectivity index (χ0n) is 18.0. The summed E-state index contributed by atoms with van der Waals surface area (Å²) in [5.41, 5.74) is 1.68. The molecule has 0 aliphatic carbocycles. The zero-order chi connectivity index (χ0) is 21.8. The molecule has 0 radical (unpaired) electrons. The number of ketones is 1. The summed E-state index contributed by atoms with van der Waals surface area (Å²) in [4.78, 5) is 27.2. The van der Waals surface area contributed by atoms with Gasteiger partial charge in [0.1, 0.15) is 23.3 Å². The smallest absolute Gasteiger partial charge is 0.295 e. The maximum absolute atomic E-state index is 12.9. The van der Waals surface area contributed by atoms with Crippen LogP contribution in [0.1, 0.15) is 55.9 Å². The second-order valence-corrected chi connectivity index (χ2v) is 7.76. The molecule has 1 aromatic carbocycles. The number of carbonyl (C=O) groups is 2. The van der Waals surface area contributed by atoms with Crippen LogP contribution in [0.4, 0.5) is 0 Å². The Morgan fingerprint density at radius 1 is 1.17 bits per heavy atom. The van der Waals surface area contributed by atoms with Gasteiger partial charge >= 0.3 is 0 Å². The Morgan fingerprint density at radius 3 is 2.43 bits per heavy atom. The molecule has 0 spiro atoms. The third-order valence-corrected chi connectivity index (χ3v) is 5.20. The summed E-state index contributed by atoms with van der Waals surface area (Å²) in [7, 11) is 0. The third kappa shape index (κ3) is 4.49. The molecule has 6 nitrogen and oxygen atoms in total. The summed E-state index contributed by atoms with van der Waals surface area (Å²) in [6.07, 6.45) is 1.54. The molecule has 6 heteroatoms. The molecule has 1 unspecified atom stereocenters. The van der Waals surface area contributed by atoms with Crippen molar-refractivity contribution < 1.29 is 23.8 Å². The average molecular weight is 411 g/mol. The van der Waals surface area contributed by atoms with E-state index in [0.717, 1.165) is 12.0 Å². The normalized spacial score (nSPS) is 18.6. The molecule has 1 aliphatic rings. The molecule has 0 bridgehead atoms. The molecular formula is C24H29NO5. The highest BCUT2D eigenvalue weighted by molar-refractivity contribution is 6.46. The van der Waals surface area contributed by atoms with Crippen LogP contribution in [0.3, 0.4) is 0 Å². The molecule has 30 heavy (non-hydrogen) atoms. The fraction of sp³-hybridized carbons (Fsp3) is 0.417. The van der Waals surface area contributed by atoms with Crippen LogP contribution in [0, 0.1) is 6.92 Å². The largest absolute Gasteiger partial charge is 0.507 e. The number of aliphatic hydroxyl groups excluding tert-OH is 1. The first-order chi connectivity index (χ1) is 14.3. The first-order valence-corrected chi connectivity index (χ1v) is 10.4. The number of hydrogen-bond acceptors (Lipinski definition) is 5. The molecule has 1 fully saturated rings. The predicted octanol–water partition coefficient (Wildman–Crippen LogP) is 4.39. The highest BCUT2D eigenvalue weighted by atomic mass is 16.5. The van der Waals surface area contributed by atoms with Crippen LogP contribution in [-0.2, 0) is 20.7 Å². The van der Waals surface area contributed by atoms with Gasteiger partial charge in [-0.15, -0.1) is 0 Å². The van der Waals surface area contributed by atoms with E-state index < -0.39 is 17.7 Å². The van der Waals surface area contributed by atoms with Gasteiger partial charge in [-0.1, -0.05) is 31.2 Å². The SMILES string of the molecule is CCc1ccc(/C(O)=C2/C(=O)C(=O)N(CCCOC(C)C)C2c2ccc(C)o2)cc1. The summed E-state index contributed by atoms with van der Waals surface area (Å²) in [5, 5.41) is 11.0. The molecule has 1 atom stereocenters. The Bertz CT molecular complexity index is 939. The number of aryl methyl sites for hydroxylation is 2. The molecule has 1 aromatic heterocycles. The second kappa shape index (κ2) is 9.30. The van der Waals surface area contributed by atoms with Gasteiger partial charge in [0.25, 0.3) is 11.7 Å². The van der Waals surface area contributed by atoms with Crippen molar-refractivity contribution in [1.82, 2.24) is 4.90 Å². The maximum atomic E-state index is 12.9. The minimum absolute atomic E-state index is 0.0587. The Kier molecular flexibility index (Phi) is 6.77. The van der Waals surface area contributed by atoms with Crippen molar-refractivity contribution in [3.05, 3.63) is 64.6 Å². The van der Waals surface area contributed by atoms with Gasteiger partial charge in [0.15, 0.2) is 0 Å². The topological polar surface area (TPSA) is 80.0 Å². The molecule has 1 saturated heterocycles. The number of aliphatic hydroxyl groups is 1. The molecule has 2 heterocycles. The lowest BCUT2D eigenvalue weighted by atomic mass is 9.98. The van der Waals surface area contributed by atoms with Gasteiger partial charge in [-0.2, -0.15) is 0 Å². The van der Waals surface area contributed by atoms with Crippen molar-refractivity contribution in [2.45, 2.75) is 52.7 Å². The van der Waals surface area contributed by atoms with E-state index in [2.05, 4.69) is 0 Å². The van der Waals surface area contributed by atoms with Gasteiger partial charge in [-0.05, 0) is 51.3 Å². The highest BCUT2D eigenvalue weighted by Gasteiger charge is 2.47. The maximum Gasteiger partial charge on any atom is 0.295 e. The van der Waals surface area contributed by atoms with Crippen molar-refractivity contribution in [2.24, 2.45) is 0 Å². The average Bonchev–Trinajstić information content (AvgIpc) is 3.26. The number of nitrogens with zero attached hydrogens (tertiary/aromatic N) is 1. The Balaban J connectivity index is 1.99. The van der Waals surface area contributed by atoms with E-state index in [1.165, 1.54) is 4.90 Å². The highest BCUT2D eigenvalue weighted by Crippen LogP contribution is 2.40. The van der Waals surface area contributed by atoms with Gasteiger partial charge < -0.3 is 19.2 Å². The third-order valence-electron chi connectivity index (χ3n) is 5.20. The van der Waals surface area contributed by atoms with Crippen molar-refractivity contribution in [3.63, 3.8) is 0 Å². The lowest BCUT2D eigenvalue weighted by molar-refractivity contribution is -0.140. The van der Waals surface area contributed by atoms with Crippen molar-refractivity contribution in [3.8, 4) is 0 Å². The number of hydrogen-bond donors (Lipinski definition) is 1. The lowest BCUT2D eigenvalue weighted by Gasteiger charge is -2.23. The Labute approximate surface area is 177 Å². The van der Waals surface area contributed by atoms with Gasteiger partial charge in [0.05, 0.1) is 11.7 Å². The van der Waals surface area contributed by atoms with Crippen LogP contribution in [0.25, 0.3) is 5.76 Å². The van der Waals surface area contributed by atoms with Gasteiger partial charge in [0.2, 0.25) is 0 Å². The summed E-state index contributed by atoms with van der Waals surface area (Å²) in [5.74, 6) is -0.383. The first-order valence-electron chi connectivity index (χ1n) is 10.4. The Morgan fingerprint density at radius 2 is 1.87 bits per heavy atom.